The van der Waals surface area contributed by atoms with Gasteiger partial charge in [0.15, 0.2) is 22.2 Å². The highest BCUT2D eigenvalue weighted by atomic mass is 35.5. The van der Waals surface area contributed by atoms with Crippen LogP contribution in [0.1, 0.15) is 12.5 Å². The Morgan fingerprint density at radius 3 is 2.97 bits per heavy atom. The molecule has 0 radical (unpaired) electrons. The molecule has 0 saturated heterocycles. The zero-order valence-electron chi connectivity index (χ0n) is 15.5. The molecule has 0 aliphatic carbocycles. The first kappa shape index (κ1) is 19.2. The summed E-state index contributed by atoms with van der Waals surface area (Å²) < 4.78 is 11.6. The van der Waals surface area contributed by atoms with Crippen molar-refractivity contribution in [2.45, 2.75) is 6.92 Å². The first-order valence-electron chi connectivity index (χ1n) is 8.99. The van der Waals surface area contributed by atoms with Crippen LogP contribution in [0.4, 0.5) is 5.13 Å². The summed E-state index contributed by atoms with van der Waals surface area (Å²) in [6, 6.07) is 15.0. The minimum atomic E-state index is -0.283. The van der Waals surface area contributed by atoms with Crippen molar-refractivity contribution in [3.63, 3.8) is 0 Å². The summed E-state index contributed by atoms with van der Waals surface area (Å²) >= 11 is 7.42. The number of benzene rings is 2. The number of amides is 1. The van der Waals surface area contributed by atoms with Crippen molar-refractivity contribution < 1.29 is 13.9 Å². The summed E-state index contributed by atoms with van der Waals surface area (Å²) in [4.78, 5) is 16.6. The van der Waals surface area contributed by atoms with E-state index in [4.69, 9.17) is 20.8 Å². The molecule has 2 heterocycles. The molecule has 2 aromatic heterocycles. The number of rotatable bonds is 6. The quantitative estimate of drug-likeness (QED) is 0.371. The number of nitrogens with zero attached hydrogens (tertiary/aromatic N) is 1. The molecule has 0 unspecified atom stereocenters. The Labute approximate surface area is 176 Å². The van der Waals surface area contributed by atoms with Gasteiger partial charge in [0, 0.05) is 21.9 Å². The summed E-state index contributed by atoms with van der Waals surface area (Å²) in [6.07, 6.45) is 3.10. The van der Waals surface area contributed by atoms with Crippen molar-refractivity contribution in [3.05, 3.63) is 70.6 Å². The third kappa shape index (κ3) is 4.34. The molecule has 0 aliphatic heterocycles. The summed E-state index contributed by atoms with van der Waals surface area (Å²) in [5, 5.41) is 6.61. The van der Waals surface area contributed by atoms with Gasteiger partial charge in [0.25, 0.3) is 0 Å². The fraction of sp³-hybridized carbons (Fsp3) is 0.0909. The second-order valence-electron chi connectivity index (χ2n) is 6.10. The van der Waals surface area contributed by atoms with Crippen LogP contribution < -0.4 is 10.1 Å². The van der Waals surface area contributed by atoms with Crippen LogP contribution in [0.15, 0.2) is 64.4 Å². The molecule has 146 valence electrons. The van der Waals surface area contributed by atoms with Crippen LogP contribution in [0.5, 0.6) is 5.75 Å². The number of thiazole rings is 1. The molecule has 4 aromatic rings. The van der Waals surface area contributed by atoms with Crippen molar-refractivity contribution in [2.75, 3.05) is 11.9 Å². The molecule has 7 heteroatoms. The van der Waals surface area contributed by atoms with E-state index in [1.165, 1.54) is 17.4 Å². The summed E-state index contributed by atoms with van der Waals surface area (Å²) in [5.41, 5.74) is 2.11. The number of hydrogen-bond acceptors (Lipinski definition) is 5. The Morgan fingerprint density at radius 1 is 1.28 bits per heavy atom. The van der Waals surface area contributed by atoms with Crippen molar-refractivity contribution in [3.8, 4) is 17.2 Å². The van der Waals surface area contributed by atoms with Crippen LogP contribution >= 0.6 is 22.9 Å². The van der Waals surface area contributed by atoms with E-state index in [-0.39, 0.29) is 5.91 Å². The van der Waals surface area contributed by atoms with E-state index in [1.807, 2.05) is 54.8 Å². The van der Waals surface area contributed by atoms with Gasteiger partial charge in [0.2, 0.25) is 5.91 Å². The molecule has 5 nitrogen and oxygen atoms in total. The number of furan rings is 1. The van der Waals surface area contributed by atoms with Crippen molar-refractivity contribution in [1.29, 1.82) is 0 Å². The summed E-state index contributed by atoms with van der Waals surface area (Å²) in [6.45, 7) is 2.49. The number of halogens is 1. The Balaban J connectivity index is 1.50. The van der Waals surface area contributed by atoms with Crippen LogP contribution in [0.2, 0.25) is 5.02 Å². The number of hydrogen-bond donors (Lipinski definition) is 1. The standard InChI is InChI=1S/C22H17ClN2O3S/c1-2-27-18-9-5-7-15-12-19(28-21(15)18)17-13-29-22(24-17)25-20(26)11-10-14-6-3-4-8-16(14)23/h3-13H,2H2,1H3,(H,24,25,26)/b11-10+. The van der Waals surface area contributed by atoms with E-state index in [0.29, 0.717) is 39.5 Å². The fourth-order valence-corrected chi connectivity index (χ4v) is 3.70. The van der Waals surface area contributed by atoms with E-state index in [9.17, 15) is 4.79 Å². The number of anilines is 1. The SMILES string of the molecule is CCOc1cccc2cc(-c3csc(NC(=O)/C=C/c4ccccc4Cl)n3)oc12. The number of ether oxygens (including phenoxy) is 1. The number of carbonyl (C=O) groups excluding carboxylic acids is 1. The van der Waals surface area contributed by atoms with Crippen LogP contribution in [0.25, 0.3) is 28.5 Å². The normalized spacial score (nSPS) is 11.2. The van der Waals surface area contributed by atoms with Gasteiger partial charge in [-0.15, -0.1) is 11.3 Å². The lowest BCUT2D eigenvalue weighted by molar-refractivity contribution is -0.111. The van der Waals surface area contributed by atoms with Crippen LogP contribution in [0, 0.1) is 0 Å². The lowest BCUT2D eigenvalue weighted by atomic mass is 10.2. The van der Waals surface area contributed by atoms with Gasteiger partial charge in [-0.05, 0) is 36.8 Å². The molecule has 1 amide bonds. The van der Waals surface area contributed by atoms with Gasteiger partial charge in [-0.1, -0.05) is 41.9 Å². The molecule has 29 heavy (non-hydrogen) atoms. The van der Waals surface area contributed by atoms with Gasteiger partial charge in [0.1, 0.15) is 5.69 Å². The van der Waals surface area contributed by atoms with Crippen molar-refractivity contribution >= 4 is 51.0 Å². The van der Waals surface area contributed by atoms with Gasteiger partial charge in [-0.25, -0.2) is 4.98 Å². The van der Waals surface area contributed by atoms with E-state index in [0.717, 1.165) is 10.9 Å². The molecular formula is C22H17ClN2O3S. The summed E-state index contributed by atoms with van der Waals surface area (Å²) in [7, 11) is 0. The maximum absolute atomic E-state index is 12.2. The highest BCUT2D eigenvalue weighted by Crippen LogP contribution is 2.34. The minimum Gasteiger partial charge on any atom is -0.490 e. The van der Waals surface area contributed by atoms with Gasteiger partial charge in [0.05, 0.1) is 6.61 Å². The Kier molecular flexibility index (Phi) is 5.64. The van der Waals surface area contributed by atoms with Crippen LogP contribution in [0.3, 0.4) is 0 Å². The average Bonchev–Trinajstić information content (AvgIpc) is 3.35. The lowest BCUT2D eigenvalue weighted by Crippen LogP contribution is -2.07. The highest BCUT2D eigenvalue weighted by molar-refractivity contribution is 7.14. The van der Waals surface area contributed by atoms with Gasteiger partial charge < -0.3 is 9.15 Å². The monoisotopic (exact) mass is 424 g/mol. The number of fused-ring (bicyclic) bond motifs is 1. The Bertz CT molecular complexity index is 1200. The summed E-state index contributed by atoms with van der Waals surface area (Å²) in [5.74, 6) is 1.04. The number of nitrogens with one attached hydrogen (secondary N) is 1. The van der Waals surface area contributed by atoms with E-state index in [1.54, 1.807) is 12.1 Å². The van der Waals surface area contributed by atoms with Crippen LogP contribution in [-0.2, 0) is 4.79 Å². The van der Waals surface area contributed by atoms with Crippen LogP contribution in [-0.4, -0.2) is 17.5 Å². The largest absolute Gasteiger partial charge is 0.490 e. The molecule has 1 N–H and O–H groups in total. The van der Waals surface area contributed by atoms with E-state index < -0.39 is 0 Å². The minimum absolute atomic E-state index is 0.283. The highest BCUT2D eigenvalue weighted by Gasteiger charge is 2.14. The Hall–Kier alpha value is -3.09. The molecule has 0 saturated carbocycles. The molecule has 0 bridgehead atoms. The predicted molar refractivity (Wildman–Crippen MR) is 118 cm³/mol. The first-order chi connectivity index (χ1) is 14.1. The molecule has 2 aromatic carbocycles. The predicted octanol–water partition coefficient (Wildman–Crippen LogP) is 6.26. The lowest BCUT2D eigenvalue weighted by Gasteiger charge is -2.02. The molecule has 0 aliphatic rings. The molecule has 4 rings (SSSR count). The first-order valence-corrected chi connectivity index (χ1v) is 10.2. The number of carbonyl (C=O) groups is 1. The maximum atomic E-state index is 12.2. The zero-order chi connectivity index (χ0) is 20.2. The average molecular weight is 425 g/mol. The second kappa shape index (κ2) is 8.51. The topological polar surface area (TPSA) is 64.4 Å². The molecule has 0 fully saturated rings. The Morgan fingerprint density at radius 2 is 2.14 bits per heavy atom. The number of para-hydroxylation sites is 1. The van der Waals surface area contributed by atoms with Gasteiger partial charge in [-0.3, -0.25) is 10.1 Å². The third-order valence-electron chi connectivity index (χ3n) is 4.11. The van der Waals surface area contributed by atoms with E-state index >= 15 is 0 Å². The molecule has 0 spiro atoms. The smallest absolute Gasteiger partial charge is 0.250 e. The van der Waals surface area contributed by atoms with Gasteiger partial charge in [-0.2, -0.15) is 0 Å². The molecule has 0 atom stereocenters. The molecular weight excluding hydrogens is 408 g/mol. The fourth-order valence-electron chi connectivity index (χ4n) is 2.80. The van der Waals surface area contributed by atoms with E-state index in [2.05, 4.69) is 10.3 Å². The van der Waals surface area contributed by atoms with Gasteiger partial charge >= 0.3 is 0 Å². The number of aromatic nitrogens is 1. The second-order valence-corrected chi connectivity index (χ2v) is 7.37. The zero-order valence-corrected chi connectivity index (χ0v) is 17.1. The van der Waals surface area contributed by atoms with Crippen molar-refractivity contribution in [1.82, 2.24) is 4.98 Å². The third-order valence-corrected chi connectivity index (χ3v) is 5.22. The van der Waals surface area contributed by atoms with Crippen molar-refractivity contribution in [2.24, 2.45) is 0 Å². The maximum Gasteiger partial charge on any atom is 0.250 e.